The van der Waals surface area contributed by atoms with E-state index in [-0.39, 0.29) is 0 Å². The molecule has 0 unspecified atom stereocenters. The molecule has 11 aromatic rings. The number of hydrogen-bond donors (Lipinski definition) is 0. The number of benzene rings is 9. The van der Waals surface area contributed by atoms with E-state index in [1.54, 1.807) is 11.3 Å². The van der Waals surface area contributed by atoms with E-state index >= 15 is 0 Å². The van der Waals surface area contributed by atoms with Crippen LogP contribution in [0.2, 0.25) is 0 Å². The van der Waals surface area contributed by atoms with Crippen molar-refractivity contribution in [3.05, 3.63) is 206 Å². The first-order valence-electron chi connectivity index (χ1n) is 20.3. The zero-order chi connectivity index (χ0) is 40.3. The average molecular weight is 815 g/mol. The van der Waals surface area contributed by atoms with Crippen molar-refractivity contribution >= 4 is 71.1 Å². The van der Waals surface area contributed by atoms with Crippen molar-refractivity contribution in [2.24, 2.45) is 0 Å². The highest BCUT2D eigenvalue weighted by atomic mass is 32.2. The summed E-state index contributed by atoms with van der Waals surface area (Å²) in [4.78, 5) is 20.4. The maximum atomic E-state index is 5.26. The van der Waals surface area contributed by atoms with Crippen LogP contribution in [0.5, 0.6) is 0 Å². The Labute approximate surface area is 361 Å². The molecule has 6 heteroatoms. The molecule has 12 rings (SSSR count). The fraction of sp³-hybridized carbons (Fsp3) is 0. The van der Waals surface area contributed by atoms with E-state index < -0.39 is 0 Å². The van der Waals surface area contributed by atoms with Crippen LogP contribution in [0.15, 0.2) is 216 Å². The van der Waals surface area contributed by atoms with Crippen molar-refractivity contribution in [3.63, 3.8) is 0 Å². The Morgan fingerprint density at radius 1 is 0.361 bits per heavy atom. The van der Waals surface area contributed by atoms with Crippen LogP contribution in [0.25, 0.3) is 87.4 Å². The number of hydrogen-bond acceptors (Lipinski definition) is 6. The number of thiophene rings is 1. The maximum Gasteiger partial charge on any atom is 0.164 e. The quantitative estimate of drug-likeness (QED) is 0.160. The maximum absolute atomic E-state index is 5.26. The second-order valence-electron chi connectivity index (χ2n) is 15.2. The normalized spacial score (nSPS) is 11.9. The van der Waals surface area contributed by atoms with Gasteiger partial charge >= 0.3 is 0 Å². The molecule has 0 aliphatic carbocycles. The van der Waals surface area contributed by atoms with Gasteiger partial charge in [0.05, 0.1) is 5.69 Å². The SMILES string of the molecule is c1ccc(-c2ccc(N(c3ccccc3)c3cccc4c3Sc3ccc(-c5nc(-c6ccccc6)nc(-c6ccc7c(c6)sc6ccccc67)n5)c5cccc-4c35)cc2)cc1. The van der Waals surface area contributed by atoms with Gasteiger partial charge in [-0.25, -0.2) is 15.0 Å². The highest BCUT2D eigenvalue weighted by Crippen LogP contribution is 2.54. The number of para-hydroxylation sites is 1. The largest absolute Gasteiger partial charge is 0.309 e. The first kappa shape index (κ1) is 35.6. The van der Waals surface area contributed by atoms with Crippen LogP contribution >= 0.6 is 23.1 Å². The highest BCUT2D eigenvalue weighted by molar-refractivity contribution is 8.00. The molecular formula is C55H34N4S2. The summed E-state index contributed by atoms with van der Waals surface area (Å²) < 4.78 is 2.49. The summed E-state index contributed by atoms with van der Waals surface area (Å²) in [7, 11) is 0. The Kier molecular flexibility index (Phi) is 8.58. The van der Waals surface area contributed by atoms with Crippen LogP contribution in [0.4, 0.5) is 17.1 Å². The van der Waals surface area contributed by atoms with Gasteiger partial charge in [0, 0.05) is 63.4 Å². The van der Waals surface area contributed by atoms with E-state index in [0.29, 0.717) is 17.5 Å². The Morgan fingerprint density at radius 2 is 0.951 bits per heavy atom. The number of fused-ring (bicyclic) bond motifs is 5. The molecule has 0 radical (unpaired) electrons. The molecule has 0 spiro atoms. The highest BCUT2D eigenvalue weighted by Gasteiger charge is 2.27. The van der Waals surface area contributed by atoms with E-state index in [4.69, 9.17) is 15.0 Å². The first-order valence-corrected chi connectivity index (χ1v) is 22.0. The summed E-state index contributed by atoms with van der Waals surface area (Å²) in [5.74, 6) is 1.97. The minimum absolute atomic E-state index is 0.652. The third kappa shape index (κ3) is 6.19. The standard InChI is InChI=1S/C55H34N4S2/c1-4-14-35(15-5-1)36-26-29-40(30-27-36)59(39-18-8-3-9-19-39)47-24-13-23-45-43-21-12-22-44-46(32-33-49(51(43)44)61-52(45)47)55-57-53(37-16-6-2-7-17-37)56-54(58-55)38-28-31-42-41-20-10-11-25-48(41)60-50(42)34-38/h1-34H. The van der Waals surface area contributed by atoms with Crippen molar-refractivity contribution < 1.29 is 0 Å². The molecule has 9 aromatic carbocycles. The van der Waals surface area contributed by atoms with Crippen molar-refractivity contribution in [2.75, 3.05) is 4.90 Å². The van der Waals surface area contributed by atoms with Crippen molar-refractivity contribution in [3.8, 4) is 56.4 Å². The Bertz CT molecular complexity index is 3440. The van der Waals surface area contributed by atoms with Crippen LogP contribution < -0.4 is 4.90 Å². The monoisotopic (exact) mass is 814 g/mol. The molecule has 3 heterocycles. The Balaban J connectivity index is 0.997. The van der Waals surface area contributed by atoms with Gasteiger partial charge < -0.3 is 4.90 Å². The lowest BCUT2D eigenvalue weighted by Crippen LogP contribution is -2.12. The first-order chi connectivity index (χ1) is 30.2. The van der Waals surface area contributed by atoms with Gasteiger partial charge in [0.1, 0.15) is 0 Å². The Morgan fingerprint density at radius 3 is 1.75 bits per heavy atom. The third-order valence-corrected chi connectivity index (χ3v) is 13.9. The van der Waals surface area contributed by atoms with Gasteiger partial charge in [-0.2, -0.15) is 0 Å². The number of nitrogens with zero attached hydrogens (tertiary/aromatic N) is 4. The lowest BCUT2D eigenvalue weighted by molar-refractivity contribution is 1.08. The Hall–Kier alpha value is -7.38. The van der Waals surface area contributed by atoms with Gasteiger partial charge in [0.25, 0.3) is 0 Å². The van der Waals surface area contributed by atoms with E-state index in [0.717, 1.165) is 39.1 Å². The van der Waals surface area contributed by atoms with Crippen LogP contribution in [0.3, 0.4) is 0 Å². The third-order valence-electron chi connectivity index (χ3n) is 11.5. The summed E-state index contributed by atoms with van der Waals surface area (Å²) in [6.07, 6.45) is 0. The number of aromatic nitrogens is 3. The zero-order valence-corrected chi connectivity index (χ0v) is 34.4. The lowest BCUT2D eigenvalue weighted by Gasteiger charge is -2.31. The zero-order valence-electron chi connectivity index (χ0n) is 32.7. The summed E-state index contributed by atoms with van der Waals surface area (Å²) >= 11 is 3.64. The fourth-order valence-electron chi connectivity index (χ4n) is 8.65. The molecule has 0 saturated heterocycles. The molecule has 0 N–H and O–H groups in total. The van der Waals surface area contributed by atoms with Gasteiger partial charge in [-0.05, 0) is 82.2 Å². The molecule has 61 heavy (non-hydrogen) atoms. The van der Waals surface area contributed by atoms with Crippen molar-refractivity contribution in [2.45, 2.75) is 9.79 Å². The molecule has 286 valence electrons. The lowest BCUT2D eigenvalue weighted by atomic mass is 9.94. The van der Waals surface area contributed by atoms with E-state index in [2.05, 4.69) is 193 Å². The summed E-state index contributed by atoms with van der Waals surface area (Å²) in [6, 6.07) is 73.3. The molecule has 2 aromatic heterocycles. The molecule has 0 amide bonds. The van der Waals surface area contributed by atoms with Crippen LogP contribution in [-0.4, -0.2) is 15.0 Å². The molecular weight excluding hydrogens is 781 g/mol. The van der Waals surface area contributed by atoms with Crippen LogP contribution in [0.1, 0.15) is 0 Å². The van der Waals surface area contributed by atoms with Gasteiger partial charge in [-0.3, -0.25) is 0 Å². The van der Waals surface area contributed by atoms with Crippen LogP contribution in [0, 0.1) is 0 Å². The summed E-state index contributed by atoms with van der Waals surface area (Å²) in [6.45, 7) is 0. The van der Waals surface area contributed by atoms with E-state index in [9.17, 15) is 0 Å². The number of anilines is 3. The van der Waals surface area contributed by atoms with Gasteiger partial charge in [0.15, 0.2) is 17.5 Å². The fourth-order valence-corrected chi connectivity index (χ4v) is 11.0. The topological polar surface area (TPSA) is 41.9 Å². The molecule has 0 bridgehead atoms. The average Bonchev–Trinajstić information content (AvgIpc) is 3.71. The van der Waals surface area contributed by atoms with Crippen molar-refractivity contribution in [1.82, 2.24) is 15.0 Å². The van der Waals surface area contributed by atoms with Gasteiger partial charge in [-0.15, -0.1) is 11.3 Å². The molecule has 0 atom stereocenters. The predicted octanol–water partition coefficient (Wildman–Crippen LogP) is 15.7. The van der Waals surface area contributed by atoms with Gasteiger partial charge in [0.2, 0.25) is 0 Å². The van der Waals surface area contributed by atoms with Gasteiger partial charge in [-0.1, -0.05) is 163 Å². The number of rotatable bonds is 7. The summed E-state index contributed by atoms with van der Waals surface area (Å²) in [5, 5.41) is 4.85. The van der Waals surface area contributed by atoms with Crippen LogP contribution in [-0.2, 0) is 0 Å². The van der Waals surface area contributed by atoms with E-state index in [1.807, 2.05) is 30.0 Å². The second-order valence-corrected chi connectivity index (χ2v) is 17.3. The van der Waals surface area contributed by atoms with E-state index in [1.165, 1.54) is 57.6 Å². The second kappa shape index (κ2) is 14.7. The van der Waals surface area contributed by atoms with Crippen molar-refractivity contribution in [1.29, 1.82) is 0 Å². The smallest absolute Gasteiger partial charge is 0.164 e. The minimum Gasteiger partial charge on any atom is -0.309 e. The minimum atomic E-state index is 0.652. The molecule has 0 saturated carbocycles. The molecule has 1 aliphatic heterocycles. The molecule has 1 aliphatic rings. The predicted molar refractivity (Wildman–Crippen MR) is 256 cm³/mol. The molecule has 4 nitrogen and oxygen atoms in total. The molecule has 0 fully saturated rings. The summed E-state index contributed by atoms with van der Waals surface area (Å²) in [5.41, 5.74) is 11.0.